The van der Waals surface area contributed by atoms with Crippen molar-refractivity contribution in [1.82, 2.24) is 19.7 Å². The first-order chi connectivity index (χ1) is 13.1. The van der Waals surface area contributed by atoms with E-state index in [1.807, 2.05) is 29.8 Å². The molecule has 0 spiro atoms. The smallest absolute Gasteiger partial charge is 0.336 e. The molecule has 0 saturated heterocycles. The van der Waals surface area contributed by atoms with Crippen molar-refractivity contribution in [2.75, 3.05) is 0 Å². The number of carbonyl (C=O) groups is 1. The lowest BCUT2D eigenvalue weighted by Crippen LogP contribution is -2.08. The normalized spacial score (nSPS) is 10.9. The van der Waals surface area contributed by atoms with Gasteiger partial charge in [-0.3, -0.25) is 4.98 Å². The van der Waals surface area contributed by atoms with Gasteiger partial charge < -0.3 is 5.11 Å². The SMILES string of the molecule is CCCCCc1nc(C)nn1Cc1ccc(-c2ccccc2C(=O)O)cn1. The van der Waals surface area contributed by atoms with Gasteiger partial charge in [-0.2, -0.15) is 5.10 Å². The Kier molecular flexibility index (Phi) is 5.96. The van der Waals surface area contributed by atoms with Crippen LogP contribution in [0.4, 0.5) is 0 Å². The summed E-state index contributed by atoms with van der Waals surface area (Å²) in [7, 11) is 0. The number of nitrogens with zero attached hydrogens (tertiary/aromatic N) is 4. The molecule has 0 saturated carbocycles. The van der Waals surface area contributed by atoms with Gasteiger partial charge in [0.15, 0.2) is 0 Å². The van der Waals surface area contributed by atoms with Crippen LogP contribution in [-0.2, 0) is 13.0 Å². The van der Waals surface area contributed by atoms with E-state index in [0.717, 1.165) is 35.7 Å². The highest BCUT2D eigenvalue weighted by Crippen LogP contribution is 2.23. The number of hydrogen-bond donors (Lipinski definition) is 1. The van der Waals surface area contributed by atoms with Crippen LogP contribution in [0.15, 0.2) is 42.6 Å². The Morgan fingerprint density at radius 3 is 2.67 bits per heavy atom. The standard InChI is InChI=1S/C21H24N4O2/c1-3-4-5-10-20-23-15(2)24-25(20)14-17-12-11-16(13-22-17)18-8-6-7-9-19(18)21(26)27/h6-9,11-13H,3-5,10,14H2,1-2H3,(H,26,27). The number of carboxylic acid groups (broad SMARTS) is 1. The quantitative estimate of drug-likeness (QED) is 0.608. The molecular weight excluding hydrogens is 340 g/mol. The fraction of sp³-hybridized carbons (Fsp3) is 0.333. The molecule has 1 aromatic carbocycles. The average Bonchev–Trinajstić information content (AvgIpc) is 3.01. The first kappa shape index (κ1) is 18.8. The van der Waals surface area contributed by atoms with Gasteiger partial charge in [-0.1, -0.05) is 44.0 Å². The molecule has 0 unspecified atom stereocenters. The van der Waals surface area contributed by atoms with Crippen molar-refractivity contribution in [3.63, 3.8) is 0 Å². The molecule has 0 fully saturated rings. The summed E-state index contributed by atoms with van der Waals surface area (Å²) in [5, 5.41) is 13.8. The first-order valence-electron chi connectivity index (χ1n) is 9.26. The Bertz CT molecular complexity index is 916. The monoisotopic (exact) mass is 364 g/mol. The molecule has 0 radical (unpaired) electrons. The van der Waals surface area contributed by atoms with E-state index in [0.29, 0.717) is 12.1 Å². The topological polar surface area (TPSA) is 80.9 Å². The number of rotatable bonds is 8. The highest BCUT2D eigenvalue weighted by atomic mass is 16.4. The number of carboxylic acids is 1. The van der Waals surface area contributed by atoms with Gasteiger partial charge in [-0.15, -0.1) is 0 Å². The van der Waals surface area contributed by atoms with Gasteiger partial charge in [0, 0.05) is 18.2 Å². The summed E-state index contributed by atoms with van der Waals surface area (Å²) < 4.78 is 1.91. The third kappa shape index (κ3) is 4.58. The maximum Gasteiger partial charge on any atom is 0.336 e. The second-order valence-corrected chi connectivity index (χ2v) is 6.58. The molecular formula is C21H24N4O2. The lowest BCUT2D eigenvalue weighted by atomic mass is 10.0. The number of aromatic nitrogens is 4. The largest absolute Gasteiger partial charge is 0.478 e. The van der Waals surface area contributed by atoms with Crippen LogP contribution in [0.5, 0.6) is 0 Å². The third-order valence-corrected chi connectivity index (χ3v) is 4.46. The second-order valence-electron chi connectivity index (χ2n) is 6.58. The van der Waals surface area contributed by atoms with E-state index in [4.69, 9.17) is 0 Å². The van der Waals surface area contributed by atoms with Crippen molar-refractivity contribution in [3.05, 3.63) is 65.5 Å². The summed E-state index contributed by atoms with van der Waals surface area (Å²) in [6.45, 7) is 4.65. The number of aryl methyl sites for hydroxylation is 2. The molecule has 0 amide bonds. The Morgan fingerprint density at radius 1 is 1.15 bits per heavy atom. The van der Waals surface area contributed by atoms with Gasteiger partial charge in [0.2, 0.25) is 0 Å². The zero-order valence-electron chi connectivity index (χ0n) is 15.7. The molecule has 1 N–H and O–H groups in total. The maximum absolute atomic E-state index is 11.4. The number of hydrogen-bond acceptors (Lipinski definition) is 4. The zero-order valence-corrected chi connectivity index (χ0v) is 15.7. The molecule has 3 aromatic rings. The van der Waals surface area contributed by atoms with E-state index in [9.17, 15) is 9.90 Å². The minimum atomic E-state index is -0.940. The van der Waals surface area contributed by atoms with E-state index in [-0.39, 0.29) is 5.56 Å². The third-order valence-electron chi connectivity index (χ3n) is 4.46. The highest BCUT2D eigenvalue weighted by Gasteiger charge is 2.12. The zero-order chi connectivity index (χ0) is 19.2. The van der Waals surface area contributed by atoms with E-state index < -0.39 is 5.97 Å². The van der Waals surface area contributed by atoms with Gasteiger partial charge in [0.05, 0.1) is 17.8 Å². The minimum Gasteiger partial charge on any atom is -0.478 e. The van der Waals surface area contributed by atoms with Gasteiger partial charge in [0.25, 0.3) is 0 Å². The summed E-state index contributed by atoms with van der Waals surface area (Å²) in [6, 6.07) is 10.8. The fourth-order valence-electron chi connectivity index (χ4n) is 3.10. The van der Waals surface area contributed by atoms with Crippen LogP contribution in [0, 0.1) is 6.92 Å². The second kappa shape index (κ2) is 8.58. The predicted octanol–water partition coefficient (Wildman–Crippen LogP) is 4.13. The number of benzene rings is 1. The maximum atomic E-state index is 11.4. The molecule has 6 nitrogen and oxygen atoms in total. The van der Waals surface area contributed by atoms with Crippen LogP contribution in [0.2, 0.25) is 0 Å². The molecule has 27 heavy (non-hydrogen) atoms. The molecule has 6 heteroatoms. The summed E-state index contributed by atoms with van der Waals surface area (Å²) in [4.78, 5) is 20.5. The van der Waals surface area contributed by atoms with Crippen molar-refractivity contribution in [2.24, 2.45) is 0 Å². The van der Waals surface area contributed by atoms with Crippen molar-refractivity contribution in [2.45, 2.75) is 46.1 Å². The molecule has 0 bridgehead atoms. The van der Waals surface area contributed by atoms with Crippen molar-refractivity contribution >= 4 is 5.97 Å². The van der Waals surface area contributed by atoms with Gasteiger partial charge in [-0.25, -0.2) is 14.5 Å². The van der Waals surface area contributed by atoms with Gasteiger partial charge in [0.1, 0.15) is 11.6 Å². The van der Waals surface area contributed by atoms with Crippen LogP contribution in [0.25, 0.3) is 11.1 Å². The Morgan fingerprint density at radius 2 is 1.96 bits per heavy atom. The molecule has 0 atom stereocenters. The van der Waals surface area contributed by atoms with E-state index in [2.05, 4.69) is 22.0 Å². The lowest BCUT2D eigenvalue weighted by Gasteiger charge is -2.08. The van der Waals surface area contributed by atoms with Crippen molar-refractivity contribution < 1.29 is 9.90 Å². The van der Waals surface area contributed by atoms with E-state index in [1.165, 1.54) is 12.8 Å². The van der Waals surface area contributed by atoms with E-state index >= 15 is 0 Å². The molecule has 2 heterocycles. The summed E-state index contributed by atoms with van der Waals surface area (Å²) in [6.07, 6.45) is 6.10. The fourth-order valence-corrected chi connectivity index (χ4v) is 3.10. The molecule has 3 rings (SSSR count). The number of pyridine rings is 1. The van der Waals surface area contributed by atoms with Crippen LogP contribution in [0.1, 0.15) is 53.9 Å². The highest BCUT2D eigenvalue weighted by molar-refractivity contribution is 5.95. The molecule has 2 aromatic heterocycles. The predicted molar refractivity (Wildman–Crippen MR) is 104 cm³/mol. The summed E-state index contributed by atoms with van der Waals surface area (Å²) in [5.41, 5.74) is 2.60. The number of unbranched alkanes of at least 4 members (excludes halogenated alkanes) is 2. The Hall–Kier alpha value is -3.02. The summed E-state index contributed by atoms with van der Waals surface area (Å²) in [5.74, 6) is 0.820. The van der Waals surface area contributed by atoms with Crippen molar-refractivity contribution in [1.29, 1.82) is 0 Å². The Labute approximate surface area is 158 Å². The van der Waals surface area contributed by atoms with Crippen molar-refractivity contribution in [3.8, 4) is 11.1 Å². The average molecular weight is 364 g/mol. The first-order valence-corrected chi connectivity index (χ1v) is 9.26. The lowest BCUT2D eigenvalue weighted by molar-refractivity contribution is 0.0697. The van der Waals surface area contributed by atoms with Gasteiger partial charge in [-0.05, 0) is 31.0 Å². The number of aromatic carboxylic acids is 1. The van der Waals surface area contributed by atoms with Crippen LogP contribution < -0.4 is 0 Å². The Balaban J connectivity index is 1.78. The minimum absolute atomic E-state index is 0.275. The molecule has 0 aliphatic carbocycles. The van der Waals surface area contributed by atoms with E-state index in [1.54, 1.807) is 24.4 Å². The molecule has 0 aliphatic heterocycles. The summed E-state index contributed by atoms with van der Waals surface area (Å²) >= 11 is 0. The van der Waals surface area contributed by atoms with Gasteiger partial charge >= 0.3 is 5.97 Å². The van der Waals surface area contributed by atoms with Crippen LogP contribution in [-0.4, -0.2) is 30.8 Å². The molecule has 140 valence electrons. The van der Waals surface area contributed by atoms with Crippen LogP contribution >= 0.6 is 0 Å². The molecule has 0 aliphatic rings. The van der Waals surface area contributed by atoms with Crippen LogP contribution in [0.3, 0.4) is 0 Å².